The van der Waals surface area contributed by atoms with E-state index in [9.17, 15) is 0 Å². The molecule has 1 rings (SSSR count). The van der Waals surface area contributed by atoms with Crippen molar-refractivity contribution in [2.45, 2.75) is 65.2 Å². The first-order valence-electron chi connectivity index (χ1n) is 6.43. The van der Waals surface area contributed by atoms with Crippen LogP contribution in [0.2, 0.25) is 0 Å². The highest BCUT2D eigenvalue weighted by molar-refractivity contribution is 7.10. The summed E-state index contributed by atoms with van der Waals surface area (Å²) in [5.74, 6) is 0. The monoisotopic (exact) mass is 224 g/mol. The lowest BCUT2D eigenvalue weighted by atomic mass is 10.1. The fourth-order valence-electron chi connectivity index (χ4n) is 1.91. The highest BCUT2D eigenvalue weighted by Gasteiger charge is 2.03. The van der Waals surface area contributed by atoms with Gasteiger partial charge in [-0.05, 0) is 42.7 Å². The van der Waals surface area contributed by atoms with Crippen molar-refractivity contribution in [2.75, 3.05) is 0 Å². The molecule has 0 unspecified atom stereocenters. The highest BCUT2D eigenvalue weighted by atomic mass is 32.1. The molecule has 0 radical (unpaired) electrons. The predicted octanol–water partition coefficient (Wildman–Crippen LogP) is 5.21. The van der Waals surface area contributed by atoms with E-state index in [0.29, 0.717) is 0 Å². The van der Waals surface area contributed by atoms with Crippen molar-refractivity contribution in [3.8, 4) is 0 Å². The third-order valence-corrected chi connectivity index (χ3v) is 3.92. The molecule has 0 amide bonds. The number of unbranched alkanes of at least 4 members (excludes halogenated alkanes) is 4. The summed E-state index contributed by atoms with van der Waals surface area (Å²) in [7, 11) is 0. The summed E-state index contributed by atoms with van der Waals surface area (Å²) in [5, 5.41) is 2.27. The molecule has 1 heteroatoms. The van der Waals surface area contributed by atoms with Gasteiger partial charge in [-0.1, -0.05) is 39.5 Å². The van der Waals surface area contributed by atoms with Crippen LogP contribution in [0.15, 0.2) is 11.4 Å². The van der Waals surface area contributed by atoms with Gasteiger partial charge in [0, 0.05) is 4.88 Å². The SMILES string of the molecule is CCCCCc1ccsc1CCCCC. The molecule has 0 nitrogen and oxygen atoms in total. The smallest absolute Gasteiger partial charge is 0.00772 e. The highest BCUT2D eigenvalue weighted by Crippen LogP contribution is 2.21. The van der Waals surface area contributed by atoms with E-state index in [1.165, 1.54) is 51.4 Å². The van der Waals surface area contributed by atoms with Crippen LogP contribution < -0.4 is 0 Å². The Morgan fingerprint density at radius 3 is 2.27 bits per heavy atom. The maximum absolute atomic E-state index is 2.33. The van der Waals surface area contributed by atoms with E-state index in [2.05, 4.69) is 25.3 Å². The van der Waals surface area contributed by atoms with Crippen molar-refractivity contribution in [1.82, 2.24) is 0 Å². The van der Waals surface area contributed by atoms with Crippen molar-refractivity contribution in [3.63, 3.8) is 0 Å². The molecule has 0 aromatic carbocycles. The van der Waals surface area contributed by atoms with Crippen LogP contribution in [0.1, 0.15) is 62.8 Å². The van der Waals surface area contributed by atoms with Gasteiger partial charge in [0.2, 0.25) is 0 Å². The molecular formula is C14H24S. The fourth-order valence-corrected chi connectivity index (χ4v) is 2.89. The van der Waals surface area contributed by atoms with Crippen molar-refractivity contribution in [1.29, 1.82) is 0 Å². The Hall–Kier alpha value is -0.300. The normalized spacial score (nSPS) is 10.8. The minimum atomic E-state index is 1.30. The zero-order valence-corrected chi connectivity index (χ0v) is 11.0. The van der Waals surface area contributed by atoms with Crippen LogP contribution in [-0.2, 0) is 12.8 Å². The van der Waals surface area contributed by atoms with Crippen LogP contribution in [0.5, 0.6) is 0 Å². The van der Waals surface area contributed by atoms with Gasteiger partial charge in [-0.15, -0.1) is 11.3 Å². The summed E-state index contributed by atoms with van der Waals surface area (Å²) in [6, 6.07) is 2.33. The summed E-state index contributed by atoms with van der Waals surface area (Å²) in [5.41, 5.74) is 1.63. The quantitative estimate of drug-likeness (QED) is 0.531. The number of rotatable bonds is 8. The van der Waals surface area contributed by atoms with Crippen molar-refractivity contribution in [2.24, 2.45) is 0 Å². The molecule has 0 bridgehead atoms. The molecule has 0 N–H and O–H groups in total. The van der Waals surface area contributed by atoms with Crippen LogP contribution in [-0.4, -0.2) is 0 Å². The first-order chi connectivity index (χ1) is 7.38. The van der Waals surface area contributed by atoms with Crippen molar-refractivity contribution < 1.29 is 0 Å². The van der Waals surface area contributed by atoms with E-state index in [0.717, 1.165) is 0 Å². The molecular weight excluding hydrogens is 200 g/mol. The van der Waals surface area contributed by atoms with Gasteiger partial charge in [0.15, 0.2) is 0 Å². The third kappa shape index (κ3) is 4.83. The largest absolute Gasteiger partial charge is 0.149 e. The van der Waals surface area contributed by atoms with Gasteiger partial charge in [0.25, 0.3) is 0 Å². The van der Waals surface area contributed by atoms with E-state index in [1.54, 1.807) is 10.4 Å². The molecule has 15 heavy (non-hydrogen) atoms. The van der Waals surface area contributed by atoms with Crippen LogP contribution in [0, 0.1) is 0 Å². The Kier molecular flexibility index (Phi) is 6.74. The first kappa shape index (κ1) is 12.8. The second kappa shape index (κ2) is 7.92. The lowest BCUT2D eigenvalue weighted by Gasteiger charge is -2.03. The molecule has 0 saturated carbocycles. The Balaban J connectivity index is 2.32. The van der Waals surface area contributed by atoms with Gasteiger partial charge in [0.05, 0.1) is 0 Å². The van der Waals surface area contributed by atoms with Crippen LogP contribution in [0.25, 0.3) is 0 Å². The first-order valence-corrected chi connectivity index (χ1v) is 7.31. The molecule has 0 atom stereocenters. The molecule has 0 spiro atoms. The molecule has 1 aromatic heterocycles. The van der Waals surface area contributed by atoms with E-state index < -0.39 is 0 Å². The topological polar surface area (TPSA) is 0 Å². The standard InChI is InChI=1S/C14H24S/c1-3-5-7-9-13-11-12-15-14(13)10-8-6-4-2/h11-12H,3-10H2,1-2H3. The fraction of sp³-hybridized carbons (Fsp3) is 0.714. The molecule has 86 valence electrons. The average Bonchev–Trinajstić information content (AvgIpc) is 2.67. The minimum absolute atomic E-state index is 1.30. The van der Waals surface area contributed by atoms with Crippen LogP contribution >= 0.6 is 11.3 Å². The van der Waals surface area contributed by atoms with E-state index >= 15 is 0 Å². The lowest BCUT2D eigenvalue weighted by Crippen LogP contribution is -1.89. The third-order valence-electron chi connectivity index (χ3n) is 2.89. The molecule has 0 fully saturated rings. The molecule has 0 saturated heterocycles. The van der Waals surface area contributed by atoms with Gasteiger partial charge in [0.1, 0.15) is 0 Å². The molecule has 0 aliphatic carbocycles. The van der Waals surface area contributed by atoms with Crippen LogP contribution in [0.4, 0.5) is 0 Å². The molecule has 0 aliphatic rings. The number of hydrogen-bond donors (Lipinski definition) is 0. The number of aryl methyl sites for hydroxylation is 2. The maximum Gasteiger partial charge on any atom is 0.00772 e. The van der Waals surface area contributed by atoms with Gasteiger partial charge < -0.3 is 0 Å². The maximum atomic E-state index is 2.33. The summed E-state index contributed by atoms with van der Waals surface area (Å²) < 4.78 is 0. The summed E-state index contributed by atoms with van der Waals surface area (Å²) in [4.78, 5) is 1.65. The van der Waals surface area contributed by atoms with E-state index in [4.69, 9.17) is 0 Å². The Morgan fingerprint density at radius 2 is 1.60 bits per heavy atom. The number of thiophene rings is 1. The molecule has 1 aromatic rings. The van der Waals surface area contributed by atoms with Crippen molar-refractivity contribution in [3.05, 3.63) is 21.9 Å². The molecule has 1 heterocycles. The average molecular weight is 224 g/mol. The summed E-state index contributed by atoms with van der Waals surface area (Å²) in [6.07, 6.45) is 10.8. The Morgan fingerprint density at radius 1 is 0.933 bits per heavy atom. The van der Waals surface area contributed by atoms with Crippen LogP contribution in [0.3, 0.4) is 0 Å². The summed E-state index contributed by atoms with van der Waals surface area (Å²) >= 11 is 1.96. The van der Waals surface area contributed by atoms with Gasteiger partial charge in [-0.2, -0.15) is 0 Å². The number of hydrogen-bond acceptors (Lipinski definition) is 1. The summed E-state index contributed by atoms with van der Waals surface area (Å²) in [6.45, 7) is 4.55. The Bertz CT molecular complexity index is 225. The van der Waals surface area contributed by atoms with E-state index in [1.807, 2.05) is 11.3 Å². The minimum Gasteiger partial charge on any atom is -0.149 e. The lowest BCUT2D eigenvalue weighted by molar-refractivity contribution is 0.699. The second-order valence-electron chi connectivity index (χ2n) is 4.28. The van der Waals surface area contributed by atoms with Gasteiger partial charge >= 0.3 is 0 Å². The predicted molar refractivity (Wildman–Crippen MR) is 70.8 cm³/mol. The Labute approximate surface area is 98.7 Å². The van der Waals surface area contributed by atoms with Gasteiger partial charge in [-0.25, -0.2) is 0 Å². The van der Waals surface area contributed by atoms with Gasteiger partial charge in [-0.3, -0.25) is 0 Å². The zero-order valence-electron chi connectivity index (χ0n) is 10.2. The van der Waals surface area contributed by atoms with E-state index in [-0.39, 0.29) is 0 Å². The second-order valence-corrected chi connectivity index (χ2v) is 5.28. The zero-order chi connectivity index (χ0) is 10.9. The van der Waals surface area contributed by atoms with Crippen molar-refractivity contribution >= 4 is 11.3 Å². The molecule has 0 aliphatic heterocycles.